The molecule has 1 heterocycles. The third-order valence-corrected chi connectivity index (χ3v) is 4.33. The number of aromatic nitrogens is 3. The lowest BCUT2D eigenvalue weighted by Crippen LogP contribution is -1.99. The van der Waals surface area contributed by atoms with Gasteiger partial charge in [-0.3, -0.25) is 5.10 Å². The highest BCUT2D eigenvalue weighted by Crippen LogP contribution is 2.28. The average Bonchev–Trinajstić information content (AvgIpc) is 3.04. The second-order valence-electron chi connectivity index (χ2n) is 5.68. The van der Waals surface area contributed by atoms with Crippen molar-refractivity contribution in [1.82, 2.24) is 14.9 Å². The summed E-state index contributed by atoms with van der Waals surface area (Å²) in [5.74, 6) is 2.03. The Labute approximate surface area is 167 Å². The summed E-state index contributed by atoms with van der Waals surface area (Å²) in [4.78, 5) is 0. The SMILES string of the molecule is CCc1n[nH]c(=S)n1/N=C/c1ccc(OCc2cccc(Cl)c2)c(OC)c1. The summed E-state index contributed by atoms with van der Waals surface area (Å²) < 4.78 is 13.4. The van der Waals surface area contributed by atoms with E-state index in [0.29, 0.717) is 27.9 Å². The number of methoxy groups -OCH3 is 1. The van der Waals surface area contributed by atoms with Crippen LogP contribution in [0.25, 0.3) is 0 Å². The van der Waals surface area contributed by atoms with Crippen LogP contribution in [0.3, 0.4) is 0 Å². The molecular formula is C19H19ClN4O2S. The smallest absolute Gasteiger partial charge is 0.216 e. The van der Waals surface area contributed by atoms with Crippen LogP contribution >= 0.6 is 23.8 Å². The van der Waals surface area contributed by atoms with E-state index in [1.54, 1.807) is 18.0 Å². The second kappa shape index (κ2) is 8.83. The molecule has 1 N–H and O–H groups in total. The Morgan fingerprint density at radius 3 is 2.85 bits per heavy atom. The molecule has 0 aliphatic rings. The molecule has 0 unspecified atom stereocenters. The number of aromatic amines is 1. The third kappa shape index (κ3) is 4.75. The topological polar surface area (TPSA) is 64.4 Å². The zero-order valence-corrected chi connectivity index (χ0v) is 16.5. The number of halogens is 1. The Morgan fingerprint density at radius 1 is 1.26 bits per heavy atom. The predicted octanol–water partition coefficient (Wildman–Crippen LogP) is 4.63. The van der Waals surface area contributed by atoms with Crippen LogP contribution in [-0.2, 0) is 13.0 Å². The summed E-state index contributed by atoms with van der Waals surface area (Å²) in [6, 6.07) is 13.1. The second-order valence-corrected chi connectivity index (χ2v) is 6.51. The standard InChI is InChI=1S/C19H19ClN4O2S/c1-3-18-22-23-19(27)24(18)21-11-13-7-8-16(17(10-13)25-2)26-12-14-5-4-6-15(20)9-14/h4-11H,3,12H2,1-2H3,(H,23,27)/b21-11+. The molecule has 0 bridgehead atoms. The van der Waals surface area contributed by atoms with Crippen molar-refractivity contribution in [2.75, 3.05) is 7.11 Å². The molecule has 3 rings (SSSR count). The Morgan fingerprint density at radius 2 is 2.11 bits per heavy atom. The molecule has 0 aliphatic heterocycles. The van der Waals surface area contributed by atoms with Gasteiger partial charge in [0.25, 0.3) is 0 Å². The molecule has 0 aliphatic carbocycles. The molecule has 0 radical (unpaired) electrons. The molecule has 3 aromatic rings. The van der Waals surface area contributed by atoms with E-state index in [1.807, 2.05) is 49.4 Å². The first kappa shape index (κ1) is 19.1. The lowest BCUT2D eigenvalue weighted by molar-refractivity contribution is 0.284. The third-order valence-electron chi connectivity index (χ3n) is 3.83. The van der Waals surface area contributed by atoms with Crippen LogP contribution in [-0.4, -0.2) is 28.2 Å². The summed E-state index contributed by atoms with van der Waals surface area (Å²) in [6.45, 7) is 2.39. The fourth-order valence-electron chi connectivity index (χ4n) is 2.47. The fourth-order valence-corrected chi connectivity index (χ4v) is 2.88. The first-order valence-electron chi connectivity index (χ1n) is 8.36. The molecule has 1 aromatic heterocycles. The van der Waals surface area contributed by atoms with Gasteiger partial charge in [-0.25, -0.2) is 0 Å². The van der Waals surface area contributed by atoms with E-state index < -0.39 is 0 Å². The summed E-state index contributed by atoms with van der Waals surface area (Å²) in [6.07, 6.45) is 2.43. The Bertz CT molecular complexity index is 1010. The fraction of sp³-hybridized carbons (Fsp3) is 0.211. The molecule has 0 atom stereocenters. The van der Waals surface area contributed by atoms with E-state index in [2.05, 4.69) is 15.3 Å². The number of rotatable bonds is 7. The van der Waals surface area contributed by atoms with E-state index >= 15 is 0 Å². The maximum atomic E-state index is 6.00. The van der Waals surface area contributed by atoms with Gasteiger partial charge in [-0.05, 0) is 53.7 Å². The minimum Gasteiger partial charge on any atom is -0.493 e. The predicted molar refractivity (Wildman–Crippen MR) is 109 cm³/mol. The van der Waals surface area contributed by atoms with Crippen LogP contribution < -0.4 is 9.47 Å². The van der Waals surface area contributed by atoms with Crippen molar-refractivity contribution in [1.29, 1.82) is 0 Å². The highest BCUT2D eigenvalue weighted by Gasteiger charge is 2.07. The van der Waals surface area contributed by atoms with Gasteiger partial charge in [0.1, 0.15) is 6.61 Å². The number of hydrogen-bond acceptors (Lipinski definition) is 5. The van der Waals surface area contributed by atoms with Crippen molar-refractivity contribution in [3.8, 4) is 11.5 Å². The van der Waals surface area contributed by atoms with Gasteiger partial charge in [-0.2, -0.15) is 14.9 Å². The van der Waals surface area contributed by atoms with Crippen LogP contribution in [0.15, 0.2) is 47.6 Å². The van der Waals surface area contributed by atoms with Crippen molar-refractivity contribution in [2.24, 2.45) is 5.10 Å². The number of aryl methyl sites for hydroxylation is 1. The highest BCUT2D eigenvalue weighted by atomic mass is 35.5. The van der Waals surface area contributed by atoms with Gasteiger partial charge in [0.15, 0.2) is 17.3 Å². The first-order chi connectivity index (χ1) is 13.1. The van der Waals surface area contributed by atoms with Crippen molar-refractivity contribution in [3.05, 3.63) is 69.2 Å². The number of nitrogens with one attached hydrogen (secondary N) is 1. The molecule has 0 amide bonds. The molecular weight excluding hydrogens is 384 g/mol. The number of nitrogens with zero attached hydrogens (tertiary/aromatic N) is 3. The molecule has 27 heavy (non-hydrogen) atoms. The largest absolute Gasteiger partial charge is 0.493 e. The molecule has 140 valence electrons. The monoisotopic (exact) mass is 402 g/mol. The summed E-state index contributed by atoms with van der Waals surface area (Å²) in [5, 5.41) is 11.9. The summed E-state index contributed by atoms with van der Waals surface area (Å²) in [7, 11) is 1.60. The lowest BCUT2D eigenvalue weighted by atomic mass is 10.2. The van der Waals surface area contributed by atoms with Crippen LogP contribution in [0.4, 0.5) is 0 Å². The maximum Gasteiger partial charge on any atom is 0.216 e. The molecule has 0 fully saturated rings. The van der Waals surface area contributed by atoms with Crippen molar-refractivity contribution >= 4 is 30.0 Å². The minimum atomic E-state index is 0.397. The summed E-state index contributed by atoms with van der Waals surface area (Å²) >= 11 is 11.2. The van der Waals surface area contributed by atoms with Crippen molar-refractivity contribution < 1.29 is 9.47 Å². The van der Waals surface area contributed by atoms with E-state index in [1.165, 1.54) is 0 Å². The molecule has 0 saturated carbocycles. The molecule has 2 aromatic carbocycles. The molecule has 8 heteroatoms. The first-order valence-corrected chi connectivity index (χ1v) is 9.15. The van der Waals surface area contributed by atoms with Crippen molar-refractivity contribution in [2.45, 2.75) is 20.0 Å². The molecule has 6 nitrogen and oxygen atoms in total. The van der Waals surface area contributed by atoms with Gasteiger partial charge in [-0.1, -0.05) is 30.7 Å². The normalized spacial score (nSPS) is 11.1. The quantitative estimate of drug-likeness (QED) is 0.462. The van der Waals surface area contributed by atoms with Crippen molar-refractivity contribution in [3.63, 3.8) is 0 Å². The van der Waals surface area contributed by atoms with Gasteiger partial charge in [-0.15, -0.1) is 0 Å². The highest BCUT2D eigenvalue weighted by molar-refractivity contribution is 7.71. The number of hydrogen-bond donors (Lipinski definition) is 1. The number of H-pyrrole nitrogens is 1. The Balaban J connectivity index is 1.76. The van der Waals surface area contributed by atoms with Crippen LogP contribution in [0, 0.1) is 4.77 Å². The minimum absolute atomic E-state index is 0.397. The lowest BCUT2D eigenvalue weighted by Gasteiger charge is -2.11. The van der Waals surface area contributed by atoms with E-state index in [9.17, 15) is 0 Å². The van der Waals surface area contributed by atoms with Crippen LogP contribution in [0.2, 0.25) is 5.02 Å². The van der Waals surface area contributed by atoms with E-state index in [4.69, 9.17) is 33.3 Å². The molecule has 0 saturated heterocycles. The van der Waals surface area contributed by atoms with Gasteiger partial charge in [0, 0.05) is 11.4 Å². The van der Waals surface area contributed by atoms with Crippen LogP contribution in [0.5, 0.6) is 11.5 Å². The zero-order valence-electron chi connectivity index (χ0n) is 15.0. The van der Waals surface area contributed by atoms with Gasteiger partial charge >= 0.3 is 0 Å². The zero-order chi connectivity index (χ0) is 19.2. The van der Waals surface area contributed by atoms with Gasteiger partial charge < -0.3 is 9.47 Å². The maximum absolute atomic E-state index is 6.00. The number of ether oxygens (including phenoxy) is 2. The molecule has 0 spiro atoms. The van der Waals surface area contributed by atoms with E-state index in [-0.39, 0.29) is 0 Å². The number of benzene rings is 2. The van der Waals surface area contributed by atoms with Crippen LogP contribution in [0.1, 0.15) is 23.9 Å². The van der Waals surface area contributed by atoms with Gasteiger partial charge in [0.05, 0.1) is 13.3 Å². The average molecular weight is 403 g/mol. The van der Waals surface area contributed by atoms with E-state index in [0.717, 1.165) is 23.4 Å². The summed E-state index contributed by atoms with van der Waals surface area (Å²) in [5.41, 5.74) is 1.84. The van der Waals surface area contributed by atoms with Gasteiger partial charge in [0.2, 0.25) is 4.77 Å². The Hall–Kier alpha value is -2.64. The Kier molecular flexibility index (Phi) is 6.26.